The summed E-state index contributed by atoms with van der Waals surface area (Å²) in [5, 5.41) is 9.26. The van der Waals surface area contributed by atoms with Crippen molar-refractivity contribution in [2.75, 3.05) is 39.7 Å². The molecule has 2 aliphatic rings. The number of rotatable bonds is 10. The van der Waals surface area contributed by atoms with Crippen LogP contribution in [0.3, 0.4) is 0 Å². The highest BCUT2D eigenvalue weighted by Gasteiger charge is 2.34. The summed E-state index contributed by atoms with van der Waals surface area (Å²) in [5.74, 6) is 1.01. The molecule has 49 heavy (non-hydrogen) atoms. The molecule has 12 nitrogen and oxygen atoms in total. The Labute approximate surface area is 289 Å². The molecule has 0 unspecified atom stereocenters. The third-order valence-corrected chi connectivity index (χ3v) is 9.23. The van der Waals surface area contributed by atoms with Crippen LogP contribution >= 0.6 is 0 Å². The Balaban J connectivity index is 1.69. The first-order chi connectivity index (χ1) is 23.2. The number of hydrogen-bond acceptors (Lipinski definition) is 9. The van der Waals surface area contributed by atoms with Crippen LogP contribution in [0.5, 0.6) is 17.2 Å². The Kier molecular flexibility index (Phi) is 12.1. The van der Waals surface area contributed by atoms with E-state index in [0.717, 1.165) is 11.1 Å². The van der Waals surface area contributed by atoms with Gasteiger partial charge in [-0.15, -0.1) is 0 Å². The molecular formula is C37H52N4O8. The maximum Gasteiger partial charge on any atom is 0.407 e. The van der Waals surface area contributed by atoms with E-state index >= 15 is 0 Å². The molecule has 1 aliphatic heterocycles. The first-order valence-corrected chi connectivity index (χ1v) is 17.0. The number of aryl methyl sites for hydroxylation is 1. The number of carbonyl (C=O) groups excluding carboxylic acids is 3. The average Bonchev–Trinajstić information content (AvgIpc) is 3.29. The van der Waals surface area contributed by atoms with Gasteiger partial charge in [-0.25, -0.2) is 4.79 Å². The summed E-state index contributed by atoms with van der Waals surface area (Å²) in [6.45, 7) is 11.8. The van der Waals surface area contributed by atoms with Crippen LogP contribution in [-0.4, -0.2) is 74.9 Å². The molecular weight excluding hydrogens is 628 g/mol. The molecule has 12 heteroatoms. The number of hydrogen-bond donors (Lipinski definition) is 3. The van der Waals surface area contributed by atoms with Crippen LogP contribution in [0.4, 0.5) is 10.5 Å². The summed E-state index contributed by atoms with van der Waals surface area (Å²) in [6.07, 6.45) is 2.56. The van der Waals surface area contributed by atoms with Gasteiger partial charge in [0, 0.05) is 31.6 Å². The lowest BCUT2D eigenvalue weighted by Crippen LogP contribution is -2.52. The fraction of sp³-hybridized carbons (Fsp3) is 0.568. The minimum Gasteiger partial charge on any atom is -0.493 e. The van der Waals surface area contributed by atoms with Crippen molar-refractivity contribution < 1.29 is 33.3 Å². The van der Waals surface area contributed by atoms with Gasteiger partial charge < -0.3 is 39.8 Å². The van der Waals surface area contributed by atoms with Crippen molar-refractivity contribution in [2.24, 2.45) is 5.92 Å². The number of carbonyl (C=O) groups is 3. The van der Waals surface area contributed by atoms with Gasteiger partial charge in [-0.05, 0) is 87.3 Å². The van der Waals surface area contributed by atoms with E-state index in [2.05, 4.69) is 16.0 Å². The SMILES string of the molecule is CC[C@H](C)[C@H](Nc1ccc2c(cc1=O)[C@@H](NC(C)=O)CCc1cc(OC)c(OC)c(OC)c1-2)C(=O)N1CCC(NC(=O)OC(C)(C)C)CC1. The minimum atomic E-state index is -0.660. The van der Waals surface area contributed by atoms with Gasteiger partial charge in [-0.2, -0.15) is 0 Å². The monoisotopic (exact) mass is 680 g/mol. The second kappa shape index (κ2) is 15.8. The molecule has 0 aromatic heterocycles. The molecule has 2 aromatic rings. The Morgan fingerprint density at radius 3 is 2.20 bits per heavy atom. The zero-order valence-corrected chi connectivity index (χ0v) is 30.3. The topological polar surface area (TPSA) is 145 Å². The van der Waals surface area contributed by atoms with Gasteiger partial charge in [0.2, 0.25) is 23.0 Å². The molecule has 0 bridgehead atoms. The third kappa shape index (κ3) is 8.76. The van der Waals surface area contributed by atoms with Crippen LogP contribution in [0.1, 0.15) is 84.4 Å². The second-order valence-corrected chi connectivity index (χ2v) is 13.8. The number of nitrogens with zero attached hydrogens (tertiary/aromatic N) is 1. The highest BCUT2D eigenvalue weighted by atomic mass is 16.6. The van der Waals surface area contributed by atoms with Crippen LogP contribution in [0.2, 0.25) is 0 Å². The number of fused-ring (bicyclic) bond motifs is 3. The molecule has 4 rings (SSSR count). The Hall–Kier alpha value is -4.48. The number of ether oxygens (including phenoxy) is 4. The molecule has 2 aromatic carbocycles. The van der Waals surface area contributed by atoms with Crippen molar-refractivity contribution >= 4 is 23.6 Å². The van der Waals surface area contributed by atoms with Gasteiger partial charge in [-0.3, -0.25) is 14.4 Å². The number of likely N-dealkylation sites (tertiary alicyclic amines) is 1. The third-order valence-electron chi connectivity index (χ3n) is 9.23. The summed E-state index contributed by atoms with van der Waals surface area (Å²) >= 11 is 0. The quantitative estimate of drug-likeness (QED) is 0.308. The summed E-state index contributed by atoms with van der Waals surface area (Å²) in [7, 11) is 4.66. The van der Waals surface area contributed by atoms with E-state index in [1.807, 2.05) is 46.8 Å². The number of nitrogens with one attached hydrogen (secondary N) is 3. The summed E-state index contributed by atoms with van der Waals surface area (Å²) < 4.78 is 22.6. The van der Waals surface area contributed by atoms with Crippen LogP contribution in [0, 0.1) is 5.92 Å². The van der Waals surface area contributed by atoms with Crippen LogP contribution in [0.25, 0.3) is 11.1 Å². The van der Waals surface area contributed by atoms with Crippen LogP contribution in [0.15, 0.2) is 29.1 Å². The first kappa shape index (κ1) is 37.3. The lowest BCUT2D eigenvalue weighted by molar-refractivity contribution is -0.134. The van der Waals surface area contributed by atoms with Gasteiger partial charge in [-0.1, -0.05) is 26.3 Å². The van der Waals surface area contributed by atoms with Crippen molar-refractivity contribution in [1.29, 1.82) is 0 Å². The van der Waals surface area contributed by atoms with Crippen molar-refractivity contribution in [1.82, 2.24) is 15.5 Å². The number of piperidine rings is 1. The predicted octanol–water partition coefficient (Wildman–Crippen LogP) is 5.21. The first-order valence-electron chi connectivity index (χ1n) is 17.0. The molecule has 1 aliphatic carbocycles. The van der Waals surface area contributed by atoms with Crippen LogP contribution in [-0.2, 0) is 20.7 Å². The van der Waals surface area contributed by atoms with E-state index in [9.17, 15) is 19.2 Å². The normalized spacial score (nSPS) is 17.3. The van der Waals surface area contributed by atoms with Gasteiger partial charge in [0.25, 0.3) is 0 Å². The maximum atomic E-state index is 14.0. The van der Waals surface area contributed by atoms with Gasteiger partial charge >= 0.3 is 6.09 Å². The lowest BCUT2D eigenvalue weighted by atomic mass is 9.95. The Bertz CT molecular complexity index is 1600. The highest BCUT2D eigenvalue weighted by molar-refractivity contribution is 5.86. The van der Waals surface area contributed by atoms with E-state index < -0.39 is 23.8 Å². The molecule has 3 atom stereocenters. The number of alkyl carbamates (subject to hydrolysis) is 1. The summed E-state index contributed by atoms with van der Waals surface area (Å²) in [6, 6.07) is 5.81. The van der Waals surface area contributed by atoms with Crippen molar-refractivity contribution in [3.8, 4) is 28.4 Å². The standard InChI is InChI=1S/C37H52N4O8/c1-10-21(2)32(35(44)41-17-15-24(16-18-41)39-36(45)49-37(4,5)6)40-28-14-12-25-26(20-29(28)43)27(38-22(3)42)13-11-23-19-30(46-7)33(47-8)34(48-9)31(23)25/h12,14,19-21,24,27,32H,10-11,13,15-18H2,1-9H3,(H,38,42)(H,39,45)(H,40,43)/t21-,27-,32-/m0/s1. The minimum absolute atomic E-state index is 0.0856. The molecule has 3 amide bonds. The predicted molar refractivity (Wildman–Crippen MR) is 189 cm³/mol. The van der Waals surface area contributed by atoms with E-state index in [4.69, 9.17) is 18.9 Å². The van der Waals surface area contributed by atoms with Gasteiger partial charge in [0.15, 0.2) is 11.5 Å². The van der Waals surface area contributed by atoms with Gasteiger partial charge in [0.05, 0.1) is 33.1 Å². The number of amides is 3. The number of anilines is 1. The molecule has 1 fully saturated rings. The highest BCUT2D eigenvalue weighted by Crippen LogP contribution is 2.50. The van der Waals surface area contributed by atoms with Crippen LogP contribution < -0.4 is 35.6 Å². The zero-order chi connectivity index (χ0) is 36.0. The van der Waals surface area contributed by atoms with E-state index in [1.165, 1.54) is 6.92 Å². The molecule has 3 N–H and O–H groups in total. The summed E-state index contributed by atoms with van der Waals surface area (Å²) in [4.78, 5) is 54.4. The van der Waals surface area contributed by atoms with E-state index in [1.54, 1.807) is 38.4 Å². The van der Waals surface area contributed by atoms with E-state index in [0.29, 0.717) is 73.6 Å². The average molecular weight is 681 g/mol. The van der Waals surface area contributed by atoms with Crippen molar-refractivity contribution in [3.63, 3.8) is 0 Å². The largest absolute Gasteiger partial charge is 0.493 e. The molecule has 268 valence electrons. The summed E-state index contributed by atoms with van der Waals surface area (Å²) in [5.41, 5.74) is 2.40. The molecule has 1 saturated heterocycles. The Morgan fingerprint density at radius 1 is 0.959 bits per heavy atom. The number of methoxy groups -OCH3 is 3. The fourth-order valence-corrected chi connectivity index (χ4v) is 6.59. The number of benzene rings is 1. The zero-order valence-electron chi connectivity index (χ0n) is 30.3. The van der Waals surface area contributed by atoms with Crippen molar-refractivity contribution in [2.45, 2.75) is 97.4 Å². The smallest absolute Gasteiger partial charge is 0.407 e. The Morgan fingerprint density at radius 2 is 1.63 bits per heavy atom. The fourth-order valence-electron chi connectivity index (χ4n) is 6.59. The van der Waals surface area contributed by atoms with Gasteiger partial charge in [0.1, 0.15) is 11.6 Å². The van der Waals surface area contributed by atoms with E-state index in [-0.39, 0.29) is 34.9 Å². The van der Waals surface area contributed by atoms with Crippen molar-refractivity contribution in [3.05, 3.63) is 45.6 Å². The molecule has 0 radical (unpaired) electrons. The second-order valence-electron chi connectivity index (χ2n) is 13.8. The molecule has 0 spiro atoms. The molecule has 1 heterocycles. The lowest BCUT2D eigenvalue weighted by Gasteiger charge is -2.36. The maximum absolute atomic E-state index is 14.0. The molecule has 0 saturated carbocycles.